The van der Waals surface area contributed by atoms with Crippen molar-refractivity contribution in [2.75, 3.05) is 20.3 Å². The molecule has 0 amide bonds. The van der Waals surface area contributed by atoms with Gasteiger partial charge in [-0.15, -0.1) is 0 Å². The number of benzene rings is 4. The van der Waals surface area contributed by atoms with E-state index in [1.807, 2.05) is 48.5 Å². The molecule has 0 saturated heterocycles. The molecule has 184 valence electrons. The molecule has 36 heavy (non-hydrogen) atoms. The monoisotopic (exact) mass is 479 g/mol. The molecule has 0 bridgehead atoms. The first-order valence-electron chi connectivity index (χ1n) is 12.3. The van der Waals surface area contributed by atoms with Crippen LogP contribution in [0, 0.1) is 0 Å². The number of ether oxygens (including phenoxy) is 3. The van der Waals surface area contributed by atoms with Crippen molar-refractivity contribution in [3.8, 4) is 17.2 Å². The van der Waals surface area contributed by atoms with Crippen molar-refractivity contribution in [1.82, 2.24) is 0 Å². The summed E-state index contributed by atoms with van der Waals surface area (Å²) in [6, 6.07) is 34.9. The first-order chi connectivity index (χ1) is 17.7. The molecule has 0 aliphatic rings. The van der Waals surface area contributed by atoms with Crippen molar-refractivity contribution in [3.05, 3.63) is 125 Å². The second-order valence-electron chi connectivity index (χ2n) is 8.37. The molecule has 0 heterocycles. The highest BCUT2D eigenvalue weighted by molar-refractivity contribution is 6.00. The summed E-state index contributed by atoms with van der Waals surface area (Å²) in [5.41, 5.74) is 12.4. The van der Waals surface area contributed by atoms with Crippen LogP contribution in [0.15, 0.2) is 103 Å². The van der Waals surface area contributed by atoms with Gasteiger partial charge in [-0.05, 0) is 58.5 Å². The highest BCUT2D eigenvalue weighted by atomic mass is 16.5. The van der Waals surface area contributed by atoms with Gasteiger partial charge in [-0.25, -0.2) is 0 Å². The van der Waals surface area contributed by atoms with Crippen LogP contribution in [0.25, 0.3) is 11.1 Å². The molecular weight excluding hydrogens is 446 g/mol. The van der Waals surface area contributed by atoms with Gasteiger partial charge in [-0.2, -0.15) is 0 Å². The summed E-state index contributed by atoms with van der Waals surface area (Å²) in [6.45, 7) is 3.66. The van der Waals surface area contributed by atoms with Gasteiger partial charge < -0.3 is 19.9 Å². The third kappa shape index (κ3) is 6.15. The molecule has 0 fully saturated rings. The number of hydrogen-bond donors (Lipinski definition) is 1. The van der Waals surface area contributed by atoms with Crippen molar-refractivity contribution >= 4 is 11.1 Å². The van der Waals surface area contributed by atoms with Gasteiger partial charge in [0.2, 0.25) is 0 Å². The first-order valence-corrected chi connectivity index (χ1v) is 12.3. The maximum Gasteiger partial charge on any atom is 0.130 e. The van der Waals surface area contributed by atoms with Crippen LogP contribution in [-0.2, 0) is 6.61 Å². The maximum absolute atomic E-state index is 6.08. The second kappa shape index (κ2) is 12.6. The highest BCUT2D eigenvalue weighted by Crippen LogP contribution is 2.40. The summed E-state index contributed by atoms with van der Waals surface area (Å²) in [4.78, 5) is 0. The van der Waals surface area contributed by atoms with E-state index in [1.54, 1.807) is 7.11 Å². The fourth-order valence-corrected chi connectivity index (χ4v) is 4.26. The van der Waals surface area contributed by atoms with Gasteiger partial charge in [0.15, 0.2) is 0 Å². The van der Waals surface area contributed by atoms with Crippen LogP contribution in [0.3, 0.4) is 0 Å². The summed E-state index contributed by atoms with van der Waals surface area (Å²) in [7, 11) is 1.70. The Morgan fingerprint density at radius 3 is 2.03 bits per heavy atom. The molecule has 0 unspecified atom stereocenters. The van der Waals surface area contributed by atoms with Crippen molar-refractivity contribution < 1.29 is 14.2 Å². The fourth-order valence-electron chi connectivity index (χ4n) is 4.26. The van der Waals surface area contributed by atoms with Gasteiger partial charge in [0.1, 0.15) is 30.5 Å². The summed E-state index contributed by atoms with van der Waals surface area (Å²) in [5, 5.41) is 0. The van der Waals surface area contributed by atoms with Crippen LogP contribution in [-0.4, -0.2) is 20.3 Å². The molecule has 4 heteroatoms. The standard InChI is InChI=1S/C32H33NO3/c1-3-29(25-12-8-5-9-13-25)32(26-14-16-27(17-15-26)35-21-20-33)30-19-18-28(22-31(30)34-2)36-23-24-10-6-4-7-11-24/h4-19,22H,3,20-21,23,33H2,1-2H3/b32-29+. The maximum atomic E-state index is 6.08. The highest BCUT2D eigenvalue weighted by Gasteiger charge is 2.18. The van der Waals surface area contributed by atoms with E-state index < -0.39 is 0 Å². The van der Waals surface area contributed by atoms with Crippen molar-refractivity contribution in [2.24, 2.45) is 5.73 Å². The normalized spacial score (nSPS) is 11.5. The number of methoxy groups -OCH3 is 1. The predicted molar refractivity (Wildman–Crippen MR) is 147 cm³/mol. The summed E-state index contributed by atoms with van der Waals surface area (Å²) in [6.07, 6.45) is 0.861. The largest absolute Gasteiger partial charge is 0.496 e. The molecule has 2 N–H and O–H groups in total. The van der Waals surface area contributed by atoms with E-state index in [-0.39, 0.29) is 0 Å². The van der Waals surface area contributed by atoms with Crippen LogP contribution in [0.1, 0.15) is 35.6 Å². The average molecular weight is 480 g/mol. The molecule has 0 spiro atoms. The lowest BCUT2D eigenvalue weighted by Gasteiger charge is -2.20. The Morgan fingerprint density at radius 2 is 1.39 bits per heavy atom. The lowest BCUT2D eigenvalue weighted by molar-refractivity contribution is 0.303. The molecule has 0 aliphatic carbocycles. The third-order valence-corrected chi connectivity index (χ3v) is 6.00. The zero-order valence-corrected chi connectivity index (χ0v) is 20.9. The van der Waals surface area contributed by atoms with Gasteiger partial charge in [0, 0.05) is 18.2 Å². The van der Waals surface area contributed by atoms with E-state index >= 15 is 0 Å². The van der Waals surface area contributed by atoms with Gasteiger partial charge in [-0.3, -0.25) is 0 Å². The van der Waals surface area contributed by atoms with E-state index in [4.69, 9.17) is 19.9 Å². The number of hydrogen-bond acceptors (Lipinski definition) is 4. The van der Waals surface area contributed by atoms with Gasteiger partial charge >= 0.3 is 0 Å². The van der Waals surface area contributed by atoms with Crippen LogP contribution in [0.4, 0.5) is 0 Å². The third-order valence-electron chi connectivity index (χ3n) is 6.00. The predicted octanol–water partition coefficient (Wildman–Crippen LogP) is 6.98. The minimum Gasteiger partial charge on any atom is -0.496 e. The van der Waals surface area contributed by atoms with E-state index in [0.717, 1.165) is 45.9 Å². The molecular formula is C32H33NO3. The van der Waals surface area contributed by atoms with Crippen molar-refractivity contribution in [2.45, 2.75) is 20.0 Å². The SMILES string of the molecule is CC/C(=C(/c1ccc(OCCN)cc1)c1ccc(OCc2ccccc2)cc1OC)c1ccccc1. The van der Waals surface area contributed by atoms with Crippen molar-refractivity contribution in [1.29, 1.82) is 0 Å². The summed E-state index contributed by atoms with van der Waals surface area (Å²) < 4.78 is 17.7. The molecule has 0 aliphatic heterocycles. The average Bonchev–Trinajstić information content (AvgIpc) is 2.95. The molecule has 4 rings (SSSR count). The molecule has 4 aromatic rings. The van der Waals surface area contributed by atoms with Crippen LogP contribution >= 0.6 is 0 Å². The molecule has 0 saturated carbocycles. The first kappa shape index (κ1) is 25.1. The van der Waals surface area contributed by atoms with E-state index in [9.17, 15) is 0 Å². The lowest BCUT2D eigenvalue weighted by Crippen LogP contribution is -2.10. The lowest BCUT2D eigenvalue weighted by atomic mass is 9.87. The minimum atomic E-state index is 0.483. The Bertz CT molecular complexity index is 1270. The van der Waals surface area contributed by atoms with Gasteiger partial charge in [-0.1, -0.05) is 79.7 Å². The summed E-state index contributed by atoms with van der Waals surface area (Å²) in [5.74, 6) is 2.33. The second-order valence-corrected chi connectivity index (χ2v) is 8.37. The molecule has 4 aromatic carbocycles. The Kier molecular flexibility index (Phi) is 8.79. The van der Waals surface area contributed by atoms with Crippen LogP contribution in [0.2, 0.25) is 0 Å². The van der Waals surface area contributed by atoms with Crippen LogP contribution in [0.5, 0.6) is 17.2 Å². The van der Waals surface area contributed by atoms with Gasteiger partial charge in [0.05, 0.1) is 7.11 Å². The Hall–Kier alpha value is -4.02. The number of rotatable bonds is 11. The molecule has 0 radical (unpaired) electrons. The Morgan fingerprint density at radius 1 is 0.722 bits per heavy atom. The summed E-state index contributed by atoms with van der Waals surface area (Å²) >= 11 is 0. The fraction of sp³-hybridized carbons (Fsp3) is 0.188. The van der Waals surface area contributed by atoms with Gasteiger partial charge in [0.25, 0.3) is 0 Å². The molecule has 0 aromatic heterocycles. The number of allylic oxidation sites excluding steroid dienone is 1. The molecule has 0 atom stereocenters. The zero-order chi connectivity index (χ0) is 25.2. The van der Waals surface area contributed by atoms with E-state index in [1.165, 1.54) is 11.1 Å². The quantitative estimate of drug-likeness (QED) is 0.236. The Labute approximate surface area is 214 Å². The molecule has 4 nitrogen and oxygen atoms in total. The van der Waals surface area contributed by atoms with E-state index in [2.05, 4.69) is 61.5 Å². The number of nitrogens with two attached hydrogens (primary N) is 1. The minimum absolute atomic E-state index is 0.483. The smallest absolute Gasteiger partial charge is 0.130 e. The van der Waals surface area contributed by atoms with Crippen LogP contribution < -0.4 is 19.9 Å². The Balaban J connectivity index is 1.76. The topological polar surface area (TPSA) is 53.7 Å². The van der Waals surface area contributed by atoms with Crippen molar-refractivity contribution in [3.63, 3.8) is 0 Å². The van der Waals surface area contributed by atoms with E-state index in [0.29, 0.717) is 19.8 Å². The zero-order valence-electron chi connectivity index (χ0n) is 20.9.